The average Bonchev–Trinajstić information content (AvgIpc) is 3.02. The number of imidazole rings is 1. The Labute approximate surface area is 171 Å². The van der Waals surface area contributed by atoms with Crippen LogP contribution in [0.15, 0.2) is 42.5 Å². The van der Waals surface area contributed by atoms with Crippen molar-refractivity contribution in [3.63, 3.8) is 0 Å². The number of hydrogen-bond donors (Lipinski definition) is 2. The van der Waals surface area contributed by atoms with Crippen molar-refractivity contribution in [3.8, 4) is 11.5 Å². The van der Waals surface area contributed by atoms with Crippen molar-refractivity contribution in [1.29, 1.82) is 0 Å². The standard InChI is InChI=1S/C21H23F3N4O2/c1-2-3-10-28-18-11-16(30-15-6-4-14(5-7-15)21(22,23)24)8-9-17(18)27-20(28)13-26-12-19(25)29/h4-9,11,26H,2-3,10,12-13H2,1H3,(H2,25,29). The fourth-order valence-electron chi connectivity index (χ4n) is 3.06. The smallest absolute Gasteiger partial charge is 0.416 e. The maximum atomic E-state index is 12.7. The predicted octanol–water partition coefficient (Wildman–Crippen LogP) is 4.22. The number of rotatable bonds is 9. The molecule has 160 valence electrons. The van der Waals surface area contributed by atoms with Crippen LogP contribution in [0.3, 0.4) is 0 Å². The summed E-state index contributed by atoms with van der Waals surface area (Å²) in [6, 6.07) is 9.89. The lowest BCUT2D eigenvalue weighted by molar-refractivity contribution is -0.137. The van der Waals surface area contributed by atoms with Gasteiger partial charge in [-0.25, -0.2) is 4.98 Å². The van der Waals surface area contributed by atoms with Gasteiger partial charge in [0.15, 0.2) is 0 Å². The van der Waals surface area contributed by atoms with Gasteiger partial charge in [0.2, 0.25) is 5.91 Å². The zero-order valence-electron chi connectivity index (χ0n) is 16.5. The second-order valence-electron chi connectivity index (χ2n) is 6.88. The van der Waals surface area contributed by atoms with Crippen LogP contribution >= 0.6 is 0 Å². The maximum absolute atomic E-state index is 12.7. The first kappa shape index (κ1) is 21.6. The normalized spacial score (nSPS) is 11.7. The number of hydrogen-bond acceptors (Lipinski definition) is 4. The van der Waals surface area contributed by atoms with Crippen molar-refractivity contribution < 1.29 is 22.7 Å². The molecule has 0 saturated heterocycles. The molecular formula is C21H23F3N4O2. The Bertz CT molecular complexity index is 1010. The predicted molar refractivity (Wildman–Crippen MR) is 107 cm³/mol. The van der Waals surface area contributed by atoms with E-state index in [0.29, 0.717) is 18.0 Å². The number of carbonyl (C=O) groups is 1. The molecule has 2 aromatic carbocycles. The molecule has 0 atom stereocenters. The van der Waals surface area contributed by atoms with Gasteiger partial charge in [-0.05, 0) is 42.8 Å². The minimum Gasteiger partial charge on any atom is -0.457 e. The zero-order valence-corrected chi connectivity index (χ0v) is 16.5. The molecular weight excluding hydrogens is 397 g/mol. The number of nitrogens with zero attached hydrogens (tertiary/aromatic N) is 2. The Morgan fingerprint density at radius 3 is 2.50 bits per heavy atom. The molecule has 0 spiro atoms. The van der Waals surface area contributed by atoms with E-state index in [0.717, 1.165) is 48.4 Å². The second-order valence-corrected chi connectivity index (χ2v) is 6.88. The van der Waals surface area contributed by atoms with E-state index >= 15 is 0 Å². The van der Waals surface area contributed by atoms with E-state index in [1.165, 1.54) is 12.1 Å². The molecule has 3 N–H and O–H groups in total. The van der Waals surface area contributed by atoms with Crippen LogP contribution in [-0.4, -0.2) is 22.0 Å². The summed E-state index contributed by atoms with van der Waals surface area (Å²) in [4.78, 5) is 15.6. The van der Waals surface area contributed by atoms with Crippen molar-refractivity contribution >= 4 is 16.9 Å². The van der Waals surface area contributed by atoms with Gasteiger partial charge in [0.25, 0.3) is 0 Å². The summed E-state index contributed by atoms with van der Waals surface area (Å²) in [5.74, 6) is 1.13. The minimum absolute atomic E-state index is 0.0548. The van der Waals surface area contributed by atoms with Gasteiger partial charge in [0.05, 0.1) is 29.7 Å². The largest absolute Gasteiger partial charge is 0.457 e. The highest BCUT2D eigenvalue weighted by molar-refractivity contribution is 5.78. The Morgan fingerprint density at radius 1 is 1.17 bits per heavy atom. The average molecular weight is 420 g/mol. The topological polar surface area (TPSA) is 82.2 Å². The number of halogens is 3. The first-order chi connectivity index (χ1) is 14.3. The number of unbranched alkanes of at least 4 members (excludes halogenated alkanes) is 1. The molecule has 1 aromatic heterocycles. The molecule has 1 heterocycles. The number of fused-ring (bicyclic) bond motifs is 1. The van der Waals surface area contributed by atoms with E-state index < -0.39 is 17.6 Å². The van der Waals surface area contributed by atoms with Crippen LogP contribution in [0, 0.1) is 0 Å². The van der Waals surface area contributed by atoms with Crippen LogP contribution in [0.2, 0.25) is 0 Å². The lowest BCUT2D eigenvalue weighted by atomic mass is 10.2. The third-order valence-corrected chi connectivity index (χ3v) is 4.53. The summed E-state index contributed by atoms with van der Waals surface area (Å²) in [6.07, 6.45) is -2.45. The molecule has 0 aliphatic rings. The first-order valence-electron chi connectivity index (χ1n) is 9.61. The molecule has 0 aliphatic carbocycles. The molecule has 1 amide bonds. The van der Waals surface area contributed by atoms with E-state index in [2.05, 4.69) is 17.2 Å². The molecule has 6 nitrogen and oxygen atoms in total. The van der Waals surface area contributed by atoms with Crippen molar-refractivity contribution in [3.05, 3.63) is 53.9 Å². The number of alkyl halides is 3. The number of primary amides is 1. The summed E-state index contributed by atoms with van der Waals surface area (Å²) in [7, 11) is 0. The summed E-state index contributed by atoms with van der Waals surface area (Å²) < 4.78 is 46.0. The Balaban J connectivity index is 1.85. The summed E-state index contributed by atoms with van der Waals surface area (Å²) in [5, 5.41) is 2.97. The quantitative estimate of drug-likeness (QED) is 0.543. The van der Waals surface area contributed by atoms with Gasteiger partial charge >= 0.3 is 6.18 Å². The van der Waals surface area contributed by atoms with E-state index in [1.54, 1.807) is 12.1 Å². The summed E-state index contributed by atoms with van der Waals surface area (Å²) >= 11 is 0. The number of carbonyl (C=O) groups excluding carboxylic acids is 1. The van der Waals surface area contributed by atoms with Crippen LogP contribution in [0.1, 0.15) is 31.2 Å². The Morgan fingerprint density at radius 2 is 1.87 bits per heavy atom. The molecule has 0 fully saturated rings. The van der Waals surface area contributed by atoms with E-state index in [4.69, 9.17) is 10.5 Å². The molecule has 3 rings (SSSR count). The molecule has 9 heteroatoms. The molecule has 0 unspecified atom stereocenters. The fraction of sp³-hybridized carbons (Fsp3) is 0.333. The van der Waals surface area contributed by atoms with Gasteiger partial charge in [-0.15, -0.1) is 0 Å². The van der Waals surface area contributed by atoms with Crippen molar-refractivity contribution in [1.82, 2.24) is 14.9 Å². The number of amides is 1. The van der Waals surface area contributed by atoms with Crippen molar-refractivity contribution in [2.45, 2.75) is 39.0 Å². The van der Waals surface area contributed by atoms with E-state index in [9.17, 15) is 18.0 Å². The van der Waals surface area contributed by atoms with Crippen molar-refractivity contribution in [2.24, 2.45) is 5.73 Å². The van der Waals surface area contributed by atoms with Crippen LogP contribution < -0.4 is 15.8 Å². The van der Waals surface area contributed by atoms with E-state index in [-0.39, 0.29) is 6.54 Å². The number of benzene rings is 2. The van der Waals surface area contributed by atoms with Crippen LogP contribution in [0.25, 0.3) is 11.0 Å². The van der Waals surface area contributed by atoms with Gasteiger partial charge in [0.1, 0.15) is 17.3 Å². The number of nitrogens with two attached hydrogens (primary N) is 1. The molecule has 0 saturated carbocycles. The zero-order chi connectivity index (χ0) is 21.7. The third-order valence-electron chi connectivity index (χ3n) is 4.53. The number of ether oxygens (including phenoxy) is 1. The molecule has 0 radical (unpaired) electrons. The molecule has 3 aromatic rings. The molecule has 0 aliphatic heterocycles. The first-order valence-corrected chi connectivity index (χ1v) is 9.61. The highest BCUT2D eigenvalue weighted by Crippen LogP contribution is 2.32. The molecule has 30 heavy (non-hydrogen) atoms. The number of nitrogens with one attached hydrogen (secondary N) is 1. The third kappa shape index (κ3) is 5.29. The Hall–Kier alpha value is -3.07. The van der Waals surface area contributed by atoms with Gasteiger partial charge in [-0.2, -0.15) is 13.2 Å². The number of aryl methyl sites for hydroxylation is 1. The monoisotopic (exact) mass is 420 g/mol. The van der Waals surface area contributed by atoms with Crippen molar-refractivity contribution in [2.75, 3.05) is 6.54 Å². The van der Waals surface area contributed by atoms with Gasteiger partial charge in [-0.3, -0.25) is 4.79 Å². The lowest BCUT2D eigenvalue weighted by Gasteiger charge is -2.11. The summed E-state index contributed by atoms with van der Waals surface area (Å²) in [6.45, 7) is 3.27. The Kier molecular flexibility index (Phi) is 6.61. The molecule has 0 bridgehead atoms. The maximum Gasteiger partial charge on any atom is 0.416 e. The highest BCUT2D eigenvalue weighted by atomic mass is 19.4. The van der Waals surface area contributed by atoms with Crippen LogP contribution in [0.4, 0.5) is 13.2 Å². The van der Waals surface area contributed by atoms with E-state index in [1.807, 2.05) is 10.6 Å². The second kappa shape index (κ2) is 9.17. The number of aromatic nitrogens is 2. The summed E-state index contributed by atoms with van der Waals surface area (Å²) in [5.41, 5.74) is 6.06. The van der Waals surface area contributed by atoms with Gasteiger partial charge < -0.3 is 20.4 Å². The van der Waals surface area contributed by atoms with Crippen LogP contribution in [-0.2, 0) is 24.1 Å². The highest BCUT2D eigenvalue weighted by Gasteiger charge is 2.30. The van der Waals surface area contributed by atoms with Crippen LogP contribution in [0.5, 0.6) is 11.5 Å². The fourth-order valence-corrected chi connectivity index (χ4v) is 3.06. The van der Waals surface area contributed by atoms with Gasteiger partial charge in [-0.1, -0.05) is 13.3 Å². The SMILES string of the molecule is CCCCn1c(CNCC(N)=O)nc2ccc(Oc3ccc(C(F)(F)F)cc3)cc21. The lowest BCUT2D eigenvalue weighted by Crippen LogP contribution is -2.29. The minimum atomic E-state index is -4.39. The van der Waals surface area contributed by atoms with Gasteiger partial charge in [0, 0.05) is 12.6 Å².